The van der Waals surface area contributed by atoms with Crippen molar-refractivity contribution in [3.8, 4) is 6.07 Å². The fraction of sp³-hybridized carbons (Fsp3) is 0.688. The van der Waals surface area contributed by atoms with Crippen LogP contribution in [0.2, 0.25) is 0 Å². The van der Waals surface area contributed by atoms with Crippen molar-refractivity contribution in [3.05, 3.63) is 11.8 Å². The molecule has 1 fully saturated rings. The van der Waals surface area contributed by atoms with Gasteiger partial charge in [0, 0.05) is 25.8 Å². The van der Waals surface area contributed by atoms with Gasteiger partial charge in [0.2, 0.25) is 0 Å². The molecule has 1 amide bonds. The molecule has 0 unspecified atom stereocenters. The Bertz CT molecular complexity index is 476. The molecule has 0 aliphatic carbocycles. The van der Waals surface area contributed by atoms with Gasteiger partial charge >= 0.3 is 5.97 Å². The molecule has 0 radical (unpaired) electrons. The number of likely N-dealkylation sites (N-methyl/N-ethyl adjacent to an activating group) is 1. The smallest absolute Gasteiger partial charge is 0.307 e. The SMILES string of the molecule is CCOC(=O)CCN/C=C(/C#N)C(=O)N(C)C1CCN(C)CC1. The third-order valence-electron chi connectivity index (χ3n) is 3.93. The van der Waals surface area contributed by atoms with Gasteiger partial charge in [0.1, 0.15) is 11.6 Å². The first-order valence-electron chi connectivity index (χ1n) is 7.94. The minimum absolute atomic E-state index is 0.0512. The molecule has 1 aliphatic rings. The molecule has 23 heavy (non-hydrogen) atoms. The molecule has 0 spiro atoms. The Labute approximate surface area is 137 Å². The Hall–Kier alpha value is -2.07. The maximum atomic E-state index is 12.4. The molecule has 1 heterocycles. The van der Waals surface area contributed by atoms with E-state index in [4.69, 9.17) is 4.74 Å². The Kier molecular flexibility index (Phi) is 8.13. The maximum absolute atomic E-state index is 12.4. The number of ether oxygens (including phenoxy) is 1. The molecule has 1 rings (SSSR count). The van der Waals surface area contributed by atoms with Gasteiger partial charge in [-0.25, -0.2) is 0 Å². The van der Waals surface area contributed by atoms with E-state index in [1.165, 1.54) is 6.20 Å². The van der Waals surface area contributed by atoms with Gasteiger partial charge in [0.05, 0.1) is 13.0 Å². The van der Waals surface area contributed by atoms with Crippen LogP contribution in [0.1, 0.15) is 26.2 Å². The number of amides is 1. The molecule has 0 aromatic rings. The molecule has 1 aliphatic heterocycles. The van der Waals surface area contributed by atoms with Crippen molar-refractivity contribution < 1.29 is 14.3 Å². The number of nitrogens with one attached hydrogen (secondary N) is 1. The summed E-state index contributed by atoms with van der Waals surface area (Å²) in [7, 11) is 3.80. The highest BCUT2D eigenvalue weighted by atomic mass is 16.5. The van der Waals surface area contributed by atoms with Crippen LogP contribution in [0.3, 0.4) is 0 Å². The summed E-state index contributed by atoms with van der Waals surface area (Å²) >= 11 is 0. The van der Waals surface area contributed by atoms with Crippen molar-refractivity contribution in [2.24, 2.45) is 0 Å². The number of carbonyl (C=O) groups excluding carboxylic acids is 2. The number of nitriles is 1. The van der Waals surface area contributed by atoms with Crippen LogP contribution in [0.5, 0.6) is 0 Å². The Morgan fingerprint density at radius 2 is 2.09 bits per heavy atom. The predicted octanol–water partition coefficient (Wildman–Crippen LogP) is 0.489. The van der Waals surface area contributed by atoms with Gasteiger partial charge in [-0.2, -0.15) is 5.26 Å². The number of piperidine rings is 1. The summed E-state index contributed by atoms with van der Waals surface area (Å²) in [4.78, 5) is 27.5. The van der Waals surface area contributed by atoms with E-state index < -0.39 is 0 Å². The average molecular weight is 322 g/mol. The summed E-state index contributed by atoms with van der Waals surface area (Å²) in [5, 5.41) is 12.0. The summed E-state index contributed by atoms with van der Waals surface area (Å²) in [6.07, 6.45) is 3.40. The van der Waals surface area contributed by atoms with E-state index >= 15 is 0 Å². The van der Waals surface area contributed by atoms with Gasteiger partial charge in [-0.15, -0.1) is 0 Å². The highest BCUT2D eigenvalue weighted by Crippen LogP contribution is 2.15. The normalized spacial score (nSPS) is 16.5. The monoisotopic (exact) mass is 322 g/mol. The zero-order valence-corrected chi connectivity index (χ0v) is 14.2. The predicted molar refractivity (Wildman–Crippen MR) is 86.2 cm³/mol. The van der Waals surface area contributed by atoms with E-state index in [2.05, 4.69) is 17.3 Å². The summed E-state index contributed by atoms with van der Waals surface area (Å²) in [6.45, 7) is 4.32. The van der Waals surface area contributed by atoms with Gasteiger partial charge in [-0.3, -0.25) is 9.59 Å². The first-order valence-corrected chi connectivity index (χ1v) is 7.94. The van der Waals surface area contributed by atoms with E-state index in [1.807, 2.05) is 6.07 Å². The second kappa shape index (κ2) is 9.85. The average Bonchev–Trinajstić information content (AvgIpc) is 2.54. The van der Waals surface area contributed by atoms with E-state index in [0.29, 0.717) is 13.2 Å². The van der Waals surface area contributed by atoms with E-state index in [0.717, 1.165) is 25.9 Å². The van der Waals surface area contributed by atoms with Crippen LogP contribution >= 0.6 is 0 Å². The van der Waals surface area contributed by atoms with E-state index in [1.54, 1.807) is 18.9 Å². The molecular formula is C16H26N4O3. The zero-order chi connectivity index (χ0) is 17.2. The Balaban J connectivity index is 2.49. The van der Waals surface area contributed by atoms with Gasteiger partial charge in [-0.05, 0) is 39.9 Å². The molecule has 1 N–H and O–H groups in total. The fourth-order valence-corrected chi connectivity index (χ4v) is 2.46. The topological polar surface area (TPSA) is 85.7 Å². The van der Waals surface area contributed by atoms with Crippen LogP contribution < -0.4 is 5.32 Å². The van der Waals surface area contributed by atoms with Crippen LogP contribution in [0.25, 0.3) is 0 Å². The van der Waals surface area contributed by atoms with Crippen molar-refractivity contribution in [3.63, 3.8) is 0 Å². The highest BCUT2D eigenvalue weighted by Gasteiger charge is 2.25. The minimum atomic E-state index is -0.304. The van der Waals surface area contributed by atoms with Gasteiger partial charge in [0.15, 0.2) is 0 Å². The van der Waals surface area contributed by atoms with E-state index in [9.17, 15) is 14.9 Å². The zero-order valence-electron chi connectivity index (χ0n) is 14.2. The van der Waals surface area contributed by atoms with Gasteiger partial charge in [-0.1, -0.05) is 0 Å². The minimum Gasteiger partial charge on any atom is -0.466 e. The Morgan fingerprint density at radius 1 is 1.43 bits per heavy atom. The molecule has 7 heteroatoms. The molecular weight excluding hydrogens is 296 g/mol. The number of rotatable bonds is 7. The van der Waals surface area contributed by atoms with Crippen LogP contribution in [0.4, 0.5) is 0 Å². The lowest BCUT2D eigenvalue weighted by Gasteiger charge is -2.34. The summed E-state index contributed by atoms with van der Waals surface area (Å²) < 4.78 is 4.81. The number of hydrogen-bond acceptors (Lipinski definition) is 6. The fourth-order valence-electron chi connectivity index (χ4n) is 2.46. The summed E-state index contributed by atoms with van der Waals surface area (Å²) in [6, 6.07) is 2.09. The first kappa shape index (κ1) is 19.0. The second-order valence-electron chi connectivity index (χ2n) is 5.63. The maximum Gasteiger partial charge on any atom is 0.307 e. The van der Waals surface area contributed by atoms with E-state index in [-0.39, 0.29) is 29.9 Å². The number of nitrogens with zero attached hydrogens (tertiary/aromatic N) is 3. The highest BCUT2D eigenvalue weighted by molar-refractivity contribution is 5.97. The van der Waals surface area contributed by atoms with Crippen molar-refractivity contribution in [2.75, 3.05) is 40.3 Å². The molecule has 0 atom stereocenters. The van der Waals surface area contributed by atoms with Crippen molar-refractivity contribution in [2.45, 2.75) is 32.2 Å². The number of hydrogen-bond donors (Lipinski definition) is 1. The second-order valence-corrected chi connectivity index (χ2v) is 5.63. The lowest BCUT2D eigenvalue weighted by molar-refractivity contribution is -0.142. The molecule has 7 nitrogen and oxygen atoms in total. The largest absolute Gasteiger partial charge is 0.466 e. The molecule has 128 valence electrons. The lowest BCUT2D eigenvalue weighted by Crippen LogP contribution is -2.45. The molecule has 0 aromatic heterocycles. The van der Waals surface area contributed by atoms with Gasteiger partial charge < -0.3 is 19.9 Å². The number of esters is 1. The van der Waals surface area contributed by atoms with Gasteiger partial charge in [0.25, 0.3) is 5.91 Å². The van der Waals surface area contributed by atoms with Crippen molar-refractivity contribution in [1.82, 2.24) is 15.1 Å². The number of carbonyl (C=O) groups is 2. The van der Waals surface area contributed by atoms with Crippen molar-refractivity contribution in [1.29, 1.82) is 5.26 Å². The van der Waals surface area contributed by atoms with Crippen LogP contribution in [-0.4, -0.2) is 68.1 Å². The molecule has 1 saturated heterocycles. The summed E-state index contributed by atoms with van der Waals surface area (Å²) in [5.41, 5.74) is 0.0512. The first-order chi connectivity index (χ1) is 11.0. The van der Waals surface area contributed by atoms with Crippen LogP contribution in [-0.2, 0) is 14.3 Å². The third kappa shape index (κ3) is 6.28. The summed E-state index contributed by atoms with van der Waals surface area (Å²) in [5.74, 6) is -0.590. The number of likely N-dealkylation sites (tertiary alicyclic amines) is 1. The molecule has 0 bridgehead atoms. The quantitative estimate of drug-likeness (QED) is 0.318. The lowest BCUT2D eigenvalue weighted by atomic mass is 10.0. The van der Waals surface area contributed by atoms with Crippen LogP contribution in [0, 0.1) is 11.3 Å². The molecule has 0 saturated carbocycles. The Morgan fingerprint density at radius 3 is 2.65 bits per heavy atom. The third-order valence-corrected chi connectivity index (χ3v) is 3.93. The standard InChI is InChI=1S/C16H26N4O3/c1-4-23-15(21)5-8-18-12-13(11-17)16(22)20(3)14-6-9-19(2)10-7-14/h12,14,18H,4-10H2,1-3H3/b13-12-. The van der Waals surface area contributed by atoms with Crippen LogP contribution in [0.15, 0.2) is 11.8 Å². The molecule has 0 aromatic carbocycles. The van der Waals surface area contributed by atoms with Crippen molar-refractivity contribution >= 4 is 11.9 Å².